The molecule has 0 bridgehead atoms. The van der Waals surface area contributed by atoms with Gasteiger partial charge in [0.1, 0.15) is 5.15 Å². The van der Waals surface area contributed by atoms with E-state index in [2.05, 4.69) is 17.7 Å². The molecule has 0 radical (unpaired) electrons. The Balaban J connectivity index is 3.29. The van der Waals surface area contributed by atoms with Crippen LogP contribution in [0.25, 0.3) is 0 Å². The Morgan fingerprint density at radius 1 is 1.67 bits per heavy atom. The van der Waals surface area contributed by atoms with Gasteiger partial charge in [-0.25, -0.2) is 0 Å². The van der Waals surface area contributed by atoms with Gasteiger partial charge in [0, 0.05) is 7.05 Å². The maximum absolute atomic E-state index is 5.72. The molecule has 1 heterocycles. The van der Waals surface area contributed by atoms with Gasteiger partial charge in [0.2, 0.25) is 0 Å². The molecule has 0 aliphatic carbocycles. The van der Waals surface area contributed by atoms with Crippen LogP contribution < -0.4 is 0 Å². The van der Waals surface area contributed by atoms with E-state index in [1.807, 2.05) is 6.92 Å². The van der Waals surface area contributed by atoms with Crippen molar-refractivity contribution in [1.82, 2.24) is 9.78 Å². The largest absolute Gasteiger partial charge is 0.256 e. The molecule has 9 heavy (non-hydrogen) atoms. The first kappa shape index (κ1) is 6.96. The van der Waals surface area contributed by atoms with E-state index in [1.165, 1.54) is 0 Å². The van der Waals surface area contributed by atoms with Crippen LogP contribution in [0, 0.1) is 6.92 Å². The summed E-state index contributed by atoms with van der Waals surface area (Å²) in [5.41, 5.74) is 0.867. The second kappa shape index (κ2) is 2.23. The molecule has 4 heteroatoms. The van der Waals surface area contributed by atoms with Gasteiger partial charge < -0.3 is 0 Å². The van der Waals surface area contributed by atoms with E-state index in [1.54, 1.807) is 11.7 Å². The topological polar surface area (TPSA) is 17.8 Å². The molecule has 0 amide bonds. The summed E-state index contributed by atoms with van der Waals surface area (Å²) in [5, 5.41) is 4.61. The minimum atomic E-state index is 0.593. The third-order valence-corrected chi connectivity index (χ3v) is 2.22. The van der Waals surface area contributed by atoms with Gasteiger partial charge in [0.15, 0.2) is 0 Å². The molecule has 1 rings (SSSR count). The Kier molecular flexibility index (Phi) is 1.73. The standard InChI is InChI=1S/C5H7ClN2S/c1-3-4(9)5(6)8(2)7-3/h9H,1-2H3. The maximum atomic E-state index is 5.72. The van der Waals surface area contributed by atoms with Gasteiger partial charge in [-0.05, 0) is 6.92 Å². The second-order valence-corrected chi connectivity index (χ2v) is 2.65. The van der Waals surface area contributed by atoms with Crippen LogP contribution in [0.4, 0.5) is 0 Å². The predicted octanol–water partition coefficient (Wildman–Crippen LogP) is 1.67. The lowest BCUT2D eigenvalue weighted by atomic mass is 10.5. The predicted molar refractivity (Wildman–Crippen MR) is 40.2 cm³/mol. The number of aromatic nitrogens is 2. The molecule has 0 fully saturated rings. The van der Waals surface area contributed by atoms with E-state index in [-0.39, 0.29) is 0 Å². The van der Waals surface area contributed by atoms with E-state index in [9.17, 15) is 0 Å². The Hall–Kier alpha value is -0.150. The summed E-state index contributed by atoms with van der Waals surface area (Å²) in [5.74, 6) is 0. The van der Waals surface area contributed by atoms with Crippen molar-refractivity contribution in [3.63, 3.8) is 0 Å². The molecule has 0 saturated heterocycles. The molecule has 2 nitrogen and oxygen atoms in total. The Morgan fingerprint density at radius 2 is 2.22 bits per heavy atom. The average Bonchev–Trinajstić information content (AvgIpc) is 1.98. The average molecular weight is 163 g/mol. The molecule has 1 aromatic rings. The lowest BCUT2D eigenvalue weighted by Crippen LogP contribution is -1.88. The zero-order chi connectivity index (χ0) is 7.02. The number of rotatable bonds is 0. The third kappa shape index (κ3) is 1.07. The van der Waals surface area contributed by atoms with Gasteiger partial charge in [0.05, 0.1) is 10.6 Å². The lowest BCUT2D eigenvalue weighted by Gasteiger charge is -1.87. The highest BCUT2D eigenvalue weighted by atomic mass is 35.5. The molecule has 0 aliphatic heterocycles. The van der Waals surface area contributed by atoms with E-state index in [4.69, 9.17) is 11.6 Å². The molecule has 0 spiro atoms. The number of nitrogens with zero attached hydrogens (tertiary/aromatic N) is 2. The zero-order valence-corrected chi connectivity index (χ0v) is 6.87. The first-order chi connectivity index (χ1) is 4.13. The number of hydrogen-bond donors (Lipinski definition) is 1. The van der Waals surface area contributed by atoms with Crippen molar-refractivity contribution in [2.24, 2.45) is 7.05 Å². The Labute approximate surface area is 64.2 Å². The van der Waals surface area contributed by atoms with Crippen LogP contribution in [0.2, 0.25) is 5.15 Å². The number of thiol groups is 1. The quantitative estimate of drug-likeness (QED) is 0.575. The van der Waals surface area contributed by atoms with E-state index in [0.717, 1.165) is 10.6 Å². The third-order valence-electron chi connectivity index (χ3n) is 1.12. The number of halogens is 1. The van der Waals surface area contributed by atoms with Crippen LogP contribution in [-0.2, 0) is 7.05 Å². The molecular weight excluding hydrogens is 156 g/mol. The SMILES string of the molecule is Cc1nn(C)c(Cl)c1S. The second-order valence-electron chi connectivity index (χ2n) is 1.85. The summed E-state index contributed by atoms with van der Waals surface area (Å²) in [7, 11) is 1.79. The smallest absolute Gasteiger partial charge is 0.140 e. The van der Waals surface area contributed by atoms with Crippen LogP contribution in [0.1, 0.15) is 5.69 Å². The summed E-state index contributed by atoms with van der Waals surface area (Å²) in [6, 6.07) is 0. The minimum absolute atomic E-state index is 0.593. The van der Waals surface area contributed by atoms with Crippen LogP contribution in [0.3, 0.4) is 0 Å². The van der Waals surface area contributed by atoms with Crippen molar-refractivity contribution in [2.45, 2.75) is 11.8 Å². The van der Waals surface area contributed by atoms with Crippen molar-refractivity contribution >= 4 is 24.2 Å². The molecule has 0 N–H and O–H groups in total. The van der Waals surface area contributed by atoms with Crippen molar-refractivity contribution in [1.29, 1.82) is 0 Å². The van der Waals surface area contributed by atoms with Gasteiger partial charge >= 0.3 is 0 Å². The van der Waals surface area contributed by atoms with Gasteiger partial charge in [-0.2, -0.15) is 5.10 Å². The van der Waals surface area contributed by atoms with E-state index in [0.29, 0.717) is 5.15 Å². The Morgan fingerprint density at radius 3 is 2.33 bits per heavy atom. The fourth-order valence-corrected chi connectivity index (χ4v) is 0.983. The minimum Gasteiger partial charge on any atom is -0.256 e. The molecule has 0 saturated carbocycles. The van der Waals surface area contributed by atoms with Gasteiger partial charge in [-0.3, -0.25) is 4.68 Å². The molecule has 0 aromatic carbocycles. The first-order valence-corrected chi connectivity index (χ1v) is 3.33. The Bertz CT molecular complexity index is 209. The highest BCUT2D eigenvalue weighted by Crippen LogP contribution is 2.21. The van der Waals surface area contributed by atoms with Crippen LogP contribution >= 0.6 is 24.2 Å². The zero-order valence-electron chi connectivity index (χ0n) is 5.22. The number of hydrogen-bond acceptors (Lipinski definition) is 2. The monoisotopic (exact) mass is 162 g/mol. The lowest BCUT2D eigenvalue weighted by molar-refractivity contribution is 0.757. The van der Waals surface area contributed by atoms with E-state index >= 15 is 0 Å². The van der Waals surface area contributed by atoms with E-state index < -0.39 is 0 Å². The van der Waals surface area contributed by atoms with Gasteiger partial charge in [-0.15, -0.1) is 12.6 Å². The van der Waals surface area contributed by atoms with Crippen LogP contribution in [0.15, 0.2) is 4.90 Å². The molecule has 0 unspecified atom stereocenters. The van der Waals surface area contributed by atoms with Crippen LogP contribution in [0.5, 0.6) is 0 Å². The summed E-state index contributed by atoms with van der Waals surface area (Å²) in [6.07, 6.45) is 0. The maximum Gasteiger partial charge on any atom is 0.140 e. The summed E-state index contributed by atoms with van der Waals surface area (Å²) in [4.78, 5) is 0.763. The number of aryl methyl sites for hydroxylation is 2. The molecule has 1 aromatic heterocycles. The fourth-order valence-electron chi connectivity index (χ4n) is 0.619. The van der Waals surface area contributed by atoms with Crippen molar-refractivity contribution in [2.75, 3.05) is 0 Å². The highest BCUT2D eigenvalue weighted by molar-refractivity contribution is 7.80. The first-order valence-electron chi connectivity index (χ1n) is 2.51. The fraction of sp³-hybridized carbons (Fsp3) is 0.400. The molecule has 50 valence electrons. The summed E-state index contributed by atoms with van der Waals surface area (Å²) >= 11 is 9.84. The van der Waals surface area contributed by atoms with Crippen molar-refractivity contribution in [3.8, 4) is 0 Å². The normalized spacial score (nSPS) is 10.2. The summed E-state index contributed by atoms with van der Waals surface area (Å²) < 4.78 is 1.60. The van der Waals surface area contributed by atoms with Crippen molar-refractivity contribution in [3.05, 3.63) is 10.8 Å². The summed E-state index contributed by atoms with van der Waals surface area (Å²) in [6.45, 7) is 1.87. The molecular formula is C5H7ClN2S. The van der Waals surface area contributed by atoms with Gasteiger partial charge in [-0.1, -0.05) is 11.6 Å². The highest BCUT2D eigenvalue weighted by Gasteiger charge is 2.04. The van der Waals surface area contributed by atoms with Crippen molar-refractivity contribution < 1.29 is 0 Å². The van der Waals surface area contributed by atoms with Gasteiger partial charge in [0.25, 0.3) is 0 Å². The van der Waals surface area contributed by atoms with Crippen LogP contribution in [-0.4, -0.2) is 9.78 Å². The molecule has 0 atom stereocenters. The molecule has 0 aliphatic rings.